The van der Waals surface area contributed by atoms with Gasteiger partial charge < -0.3 is 9.47 Å². The topological polar surface area (TPSA) is 35.5 Å². The van der Waals surface area contributed by atoms with Crippen LogP contribution in [0.15, 0.2) is 30.3 Å². The Kier molecular flexibility index (Phi) is 5.70. The minimum atomic E-state index is -0.195. The van der Waals surface area contributed by atoms with Crippen molar-refractivity contribution in [2.75, 3.05) is 25.2 Å². The number of thioether (sulfide) groups is 1. The molecule has 1 aromatic rings. The van der Waals surface area contributed by atoms with Crippen molar-refractivity contribution in [3.8, 4) is 5.75 Å². The first-order valence-corrected chi connectivity index (χ1v) is 6.04. The number of rotatable bonds is 6. The summed E-state index contributed by atoms with van der Waals surface area (Å²) in [5.41, 5.74) is 0. The minimum absolute atomic E-state index is 0.195. The van der Waals surface area contributed by atoms with E-state index in [-0.39, 0.29) is 5.97 Å². The minimum Gasteiger partial charge on any atom is -0.490 e. The predicted molar refractivity (Wildman–Crippen MR) is 61.3 cm³/mol. The number of para-hydroxylation sites is 1. The first-order valence-electron chi connectivity index (χ1n) is 4.65. The van der Waals surface area contributed by atoms with Crippen LogP contribution < -0.4 is 4.74 Å². The summed E-state index contributed by atoms with van der Waals surface area (Å²) in [7, 11) is 0. The maximum absolute atomic E-state index is 11.0. The van der Waals surface area contributed by atoms with Crippen molar-refractivity contribution in [1.29, 1.82) is 0 Å². The van der Waals surface area contributed by atoms with E-state index in [1.54, 1.807) is 0 Å². The lowest BCUT2D eigenvalue weighted by atomic mass is 10.3. The van der Waals surface area contributed by atoms with Crippen LogP contribution in [0.1, 0.15) is 0 Å². The molecule has 0 aromatic heterocycles. The Labute approximate surface area is 93.8 Å². The van der Waals surface area contributed by atoms with Gasteiger partial charge in [0.25, 0.3) is 0 Å². The maximum Gasteiger partial charge on any atom is 0.316 e. The van der Waals surface area contributed by atoms with Gasteiger partial charge in [0, 0.05) is 0 Å². The molecule has 0 atom stereocenters. The van der Waals surface area contributed by atoms with Crippen molar-refractivity contribution >= 4 is 17.7 Å². The Morgan fingerprint density at radius 2 is 2.00 bits per heavy atom. The van der Waals surface area contributed by atoms with Gasteiger partial charge in [-0.15, -0.1) is 0 Å². The van der Waals surface area contributed by atoms with E-state index in [0.717, 1.165) is 5.75 Å². The van der Waals surface area contributed by atoms with Crippen LogP contribution in [0, 0.1) is 0 Å². The SMILES string of the molecule is CSCC(=O)OCCOc1ccccc1. The molecule has 4 heteroatoms. The first kappa shape index (κ1) is 11.9. The predicted octanol–water partition coefficient (Wildman–Crippen LogP) is 1.97. The van der Waals surface area contributed by atoms with Crippen LogP contribution in [0.3, 0.4) is 0 Å². The average Bonchev–Trinajstić information content (AvgIpc) is 2.26. The van der Waals surface area contributed by atoms with Crippen molar-refractivity contribution in [1.82, 2.24) is 0 Å². The van der Waals surface area contributed by atoms with Gasteiger partial charge in [0.05, 0.1) is 5.75 Å². The molecule has 0 heterocycles. The quantitative estimate of drug-likeness (QED) is 0.549. The molecule has 0 amide bonds. The van der Waals surface area contributed by atoms with Gasteiger partial charge in [-0.3, -0.25) is 4.79 Å². The lowest BCUT2D eigenvalue weighted by molar-refractivity contribution is -0.141. The Hall–Kier alpha value is -1.16. The fourth-order valence-corrected chi connectivity index (χ4v) is 1.31. The highest BCUT2D eigenvalue weighted by atomic mass is 32.2. The molecule has 15 heavy (non-hydrogen) atoms. The van der Waals surface area contributed by atoms with Crippen molar-refractivity contribution in [3.63, 3.8) is 0 Å². The van der Waals surface area contributed by atoms with Crippen molar-refractivity contribution < 1.29 is 14.3 Å². The van der Waals surface area contributed by atoms with E-state index in [1.807, 2.05) is 36.6 Å². The lowest BCUT2D eigenvalue weighted by Gasteiger charge is -2.06. The Balaban J connectivity index is 2.10. The molecule has 0 aliphatic heterocycles. The van der Waals surface area contributed by atoms with Crippen LogP contribution in [0.25, 0.3) is 0 Å². The summed E-state index contributed by atoms with van der Waals surface area (Å²) in [5.74, 6) is 0.989. The van der Waals surface area contributed by atoms with Crippen molar-refractivity contribution in [2.24, 2.45) is 0 Å². The number of hydrogen-bond acceptors (Lipinski definition) is 4. The van der Waals surface area contributed by atoms with E-state index in [2.05, 4.69) is 0 Å². The highest BCUT2D eigenvalue weighted by Gasteiger charge is 2.00. The molecule has 0 bridgehead atoms. The van der Waals surface area contributed by atoms with Crippen molar-refractivity contribution in [3.05, 3.63) is 30.3 Å². The molecule has 0 saturated heterocycles. The smallest absolute Gasteiger partial charge is 0.316 e. The van der Waals surface area contributed by atoms with E-state index in [0.29, 0.717) is 19.0 Å². The van der Waals surface area contributed by atoms with E-state index >= 15 is 0 Å². The van der Waals surface area contributed by atoms with Gasteiger partial charge in [-0.2, -0.15) is 11.8 Å². The van der Waals surface area contributed by atoms with Crippen LogP contribution in [0.5, 0.6) is 5.75 Å². The number of ether oxygens (including phenoxy) is 2. The van der Waals surface area contributed by atoms with Crippen LogP contribution >= 0.6 is 11.8 Å². The monoisotopic (exact) mass is 226 g/mol. The summed E-state index contributed by atoms with van der Waals surface area (Å²) < 4.78 is 10.3. The third-order valence-electron chi connectivity index (χ3n) is 1.62. The summed E-state index contributed by atoms with van der Waals surface area (Å²) >= 11 is 1.45. The molecular formula is C11H14O3S. The van der Waals surface area contributed by atoms with Crippen LogP contribution in [-0.2, 0) is 9.53 Å². The number of carbonyl (C=O) groups is 1. The molecule has 0 spiro atoms. The first-order chi connectivity index (χ1) is 7.33. The van der Waals surface area contributed by atoms with Gasteiger partial charge in [0.15, 0.2) is 0 Å². The normalized spacial score (nSPS) is 9.67. The Morgan fingerprint density at radius 1 is 1.27 bits per heavy atom. The molecule has 1 rings (SSSR count). The van der Waals surface area contributed by atoms with Crippen LogP contribution in [0.4, 0.5) is 0 Å². The van der Waals surface area contributed by atoms with Gasteiger partial charge in [0.2, 0.25) is 0 Å². The second kappa shape index (κ2) is 7.17. The Morgan fingerprint density at radius 3 is 2.67 bits per heavy atom. The molecule has 0 unspecified atom stereocenters. The summed E-state index contributed by atoms with van der Waals surface area (Å²) in [6.07, 6.45) is 1.86. The third-order valence-corrected chi connectivity index (χ3v) is 2.14. The van der Waals surface area contributed by atoms with Gasteiger partial charge in [-0.05, 0) is 18.4 Å². The zero-order valence-electron chi connectivity index (χ0n) is 8.64. The summed E-state index contributed by atoms with van der Waals surface area (Å²) in [6, 6.07) is 9.45. The standard InChI is InChI=1S/C11H14O3S/c1-15-9-11(12)14-8-7-13-10-5-3-2-4-6-10/h2-6H,7-9H2,1H3. The van der Waals surface area contributed by atoms with E-state index < -0.39 is 0 Å². The summed E-state index contributed by atoms with van der Waals surface area (Å²) in [5, 5.41) is 0. The van der Waals surface area contributed by atoms with Gasteiger partial charge in [0.1, 0.15) is 19.0 Å². The largest absolute Gasteiger partial charge is 0.490 e. The number of esters is 1. The maximum atomic E-state index is 11.0. The zero-order chi connectivity index (χ0) is 10.9. The van der Waals surface area contributed by atoms with Crippen molar-refractivity contribution in [2.45, 2.75) is 0 Å². The van der Waals surface area contributed by atoms with E-state index in [1.165, 1.54) is 11.8 Å². The molecule has 0 fully saturated rings. The molecule has 0 aliphatic rings. The average molecular weight is 226 g/mol. The highest BCUT2D eigenvalue weighted by Crippen LogP contribution is 2.07. The zero-order valence-corrected chi connectivity index (χ0v) is 9.46. The number of hydrogen-bond donors (Lipinski definition) is 0. The molecule has 1 aromatic carbocycles. The molecular weight excluding hydrogens is 212 g/mol. The molecule has 3 nitrogen and oxygen atoms in total. The van der Waals surface area contributed by atoms with E-state index in [9.17, 15) is 4.79 Å². The fraction of sp³-hybridized carbons (Fsp3) is 0.364. The molecule has 0 aliphatic carbocycles. The van der Waals surface area contributed by atoms with Crippen LogP contribution in [0.2, 0.25) is 0 Å². The van der Waals surface area contributed by atoms with E-state index in [4.69, 9.17) is 9.47 Å². The second-order valence-electron chi connectivity index (χ2n) is 2.81. The molecule has 82 valence electrons. The molecule has 0 saturated carbocycles. The Bertz CT molecular complexity index is 287. The molecule has 0 N–H and O–H groups in total. The van der Waals surface area contributed by atoms with Gasteiger partial charge >= 0.3 is 5.97 Å². The lowest BCUT2D eigenvalue weighted by Crippen LogP contribution is -2.13. The van der Waals surface area contributed by atoms with Gasteiger partial charge in [-0.1, -0.05) is 18.2 Å². The third kappa shape index (κ3) is 5.32. The van der Waals surface area contributed by atoms with Crippen LogP contribution in [-0.4, -0.2) is 31.2 Å². The summed E-state index contributed by atoms with van der Waals surface area (Å²) in [4.78, 5) is 11.0. The highest BCUT2D eigenvalue weighted by molar-refractivity contribution is 7.99. The molecule has 0 radical (unpaired) electrons. The number of benzene rings is 1. The summed E-state index contributed by atoms with van der Waals surface area (Å²) in [6.45, 7) is 0.693. The number of carbonyl (C=O) groups excluding carboxylic acids is 1. The second-order valence-corrected chi connectivity index (χ2v) is 3.68. The fourth-order valence-electron chi connectivity index (χ4n) is 0.991. The van der Waals surface area contributed by atoms with Gasteiger partial charge in [-0.25, -0.2) is 0 Å².